The van der Waals surface area contributed by atoms with E-state index in [1.165, 1.54) is 0 Å². The average molecular weight is 397 g/mol. The molecule has 0 fully saturated rings. The van der Waals surface area contributed by atoms with Gasteiger partial charge in [-0.1, -0.05) is 29.8 Å². The maximum atomic E-state index is 12.5. The van der Waals surface area contributed by atoms with Gasteiger partial charge in [0.2, 0.25) is 0 Å². The second-order valence-corrected chi connectivity index (χ2v) is 6.88. The monoisotopic (exact) mass is 396 g/mol. The van der Waals surface area contributed by atoms with Crippen molar-refractivity contribution < 1.29 is 14.3 Å². The van der Waals surface area contributed by atoms with Crippen LogP contribution in [0, 0.1) is 0 Å². The smallest absolute Gasteiger partial charge is 0.340 e. The number of nitrogens with two attached hydrogens (primary N) is 1. The highest BCUT2D eigenvalue weighted by Crippen LogP contribution is 2.35. The second-order valence-electron chi connectivity index (χ2n) is 6.44. The highest BCUT2D eigenvalue weighted by atomic mass is 35.5. The Labute approximate surface area is 169 Å². The van der Waals surface area contributed by atoms with Gasteiger partial charge in [-0.05, 0) is 62.4 Å². The van der Waals surface area contributed by atoms with Crippen LogP contribution in [0.2, 0.25) is 5.02 Å². The molecule has 28 heavy (non-hydrogen) atoms. The summed E-state index contributed by atoms with van der Waals surface area (Å²) >= 11 is 6.18. The van der Waals surface area contributed by atoms with Crippen LogP contribution in [0.1, 0.15) is 24.2 Å². The Balaban J connectivity index is 1.95. The van der Waals surface area contributed by atoms with E-state index < -0.39 is 5.97 Å². The molecule has 0 aliphatic carbocycles. The average Bonchev–Trinajstić information content (AvgIpc) is 2.65. The molecule has 6 heteroatoms. The van der Waals surface area contributed by atoms with Crippen molar-refractivity contribution in [1.82, 2.24) is 0 Å². The van der Waals surface area contributed by atoms with Gasteiger partial charge in [0.25, 0.3) is 0 Å². The van der Waals surface area contributed by atoms with E-state index >= 15 is 0 Å². The predicted molar refractivity (Wildman–Crippen MR) is 113 cm³/mol. The van der Waals surface area contributed by atoms with Gasteiger partial charge in [0.1, 0.15) is 5.75 Å². The molecule has 3 rings (SSSR count). The number of ether oxygens (including phenoxy) is 2. The lowest BCUT2D eigenvalue weighted by Gasteiger charge is -2.17. The van der Waals surface area contributed by atoms with Gasteiger partial charge >= 0.3 is 5.97 Å². The quantitative estimate of drug-likeness (QED) is 0.393. The van der Waals surface area contributed by atoms with Crippen LogP contribution in [0.25, 0.3) is 0 Å². The highest BCUT2D eigenvalue weighted by Gasteiger charge is 2.17. The van der Waals surface area contributed by atoms with Crippen molar-refractivity contribution >= 4 is 34.6 Å². The van der Waals surface area contributed by atoms with Gasteiger partial charge in [-0.3, -0.25) is 0 Å². The standard InChI is InChI=1S/C22H21ClN2O3/c1-14(2)27-22(26)18-13-16(24)9-10-19(18)25-20-12-15(23)8-11-21(20)28-17-6-4-3-5-7-17/h3-14,25H,24H2,1-2H3. The number of para-hydroxylation sites is 1. The van der Waals surface area contributed by atoms with E-state index in [0.717, 1.165) is 0 Å². The lowest BCUT2D eigenvalue weighted by Crippen LogP contribution is -2.13. The number of anilines is 3. The first-order valence-electron chi connectivity index (χ1n) is 8.82. The van der Waals surface area contributed by atoms with Crippen LogP contribution < -0.4 is 15.8 Å². The number of nitrogen functional groups attached to an aromatic ring is 1. The Hall–Kier alpha value is -3.18. The summed E-state index contributed by atoms with van der Waals surface area (Å²) in [6, 6.07) is 19.6. The zero-order valence-electron chi connectivity index (χ0n) is 15.6. The summed E-state index contributed by atoms with van der Waals surface area (Å²) in [5.74, 6) is 0.789. The number of halogens is 1. The van der Waals surface area contributed by atoms with Crippen LogP contribution in [-0.4, -0.2) is 12.1 Å². The molecule has 3 N–H and O–H groups in total. The van der Waals surface area contributed by atoms with Gasteiger partial charge in [0.05, 0.1) is 23.0 Å². The van der Waals surface area contributed by atoms with E-state index in [9.17, 15) is 4.79 Å². The molecule has 0 spiro atoms. The first-order valence-corrected chi connectivity index (χ1v) is 9.20. The number of carbonyl (C=O) groups excluding carboxylic acids is 1. The summed E-state index contributed by atoms with van der Waals surface area (Å²) in [7, 11) is 0. The molecule has 0 saturated carbocycles. The molecule has 0 unspecified atom stereocenters. The number of hydrogen-bond acceptors (Lipinski definition) is 5. The molecule has 0 bridgehead atoms. The Morgan fingerprint density at radius 1 is 1.00 bits per heavy atom. The fourth-order valence-corrected chi connectivity index (χ4v) is 2.74. The van der Waals surface area contributed by atoms with Crippen LogP contribution in [0.15, 0.2) is 66.7 Å². The van der Waals surface area contributed by atoms with E-state index in [-0.39, 0.29) is 6.10 Å². The summed E-state index contributed by atoms with van der Waals surface area (Å²) < 4.78 is 11.3. The topological polar surface area (TPSA) is 73.6 Å². The zero-order chi connectivity index (χ0) is 20.1. The van der Waals surface area contributed by atoms with E-state index in [1.807, 2.05) is 30.3 Å². The number of rotatable bonds is 6. The number of hydrogen-bond donors (Lipinski definition) is 2. The predicted octanol–water partition coefficient (Wildman–Crippen LogP) is 6.02. The maximum Gasteiger partial charge on any atom is 0.340 e. The lowest BCUT2D eigenvalue weighted by molar-refractivity contribution is 0.0379. The fourth-order valence-electron chi connectivity index (χ4n) is 2.57. The van der Waals surface area contributed by atoms with Crippen molar-refractivity contribution in [2.24, 2.45) is 0 Å². The number of esters is 1. The van der Waals surface area contributed by atoms with E-state index in [4.69, 9.17) is 26.8 Å². The Morgan fingerprint density at radius 3 is 2.46 bits per heavy atom. The van der Waals surface area contributed by atoms with Crippen LogP contribution >= 0.6 is 11.6 Å². The molecule has 0 amide bonds. The summed E-state index contributed by atoms with van der Waals surface area (Å²) in [4.78, 5) is 12.5. The first-order chi connectivity index (χ1) is 13.4. The molecule has 0 atom stereocenters. The molecule has 3 aromatic rings. The van der Waals surface area contributed by atoms with Gasteiger partial charge < -0.3 is 20.5 Å². The van der Waals surface area contributed by atoms with E-state index in [2.05, 4.69) is 5.32 Å². The molecule has 0 aromatic heterocycles. The highest BCUT2D eigenvalue weighted by molar-refractivity contribution is 6.31. The molecule has 0 aliphatic heterocycles. The minimum atomic E-state index is -0.461. The van der Waals surface area contributed by atoms with E-state index in [1.54, 1.807) is 50.2 Å². The van der Waals surface area contributed by atoms with Crippen molar-refractivity contribution in [2.75, 3.05) is 11.1 Å². The molecular weight excluding hydrogens is 376 g/mol. The van der Waals surface area contributed by atoms with Gasteiger partial charge in [-0.25, -0.2) is 4.79 Å². The Morgan fingerprint density at radius 2 is 1.75 bits per heavy atom. The fraction of sp³-hybridized carbons (Fsp3) is 0.136. The third-order valence-electron chi connectivity index (χ3n) is 3.79. The third-order valence-corrected chi connectivity index (χ3v) is 4.02. The largest absolute Gasteiger partial charge is 0.459 e. The molecular formula is C22H21ClN2O3. The van der Waals surface area contributed by atoms with Crippen LogP contribution in [0.3, 0.4) is 0 Å². The minimum absolute atomic E-state index is 0.245. The molecule has 0 aliphatic rings. The van der Waals surface area contributed by atoms with Crippen LogP contribution in [0.4, 0.5) is 17.1 Å². The van der Waals surface area contributed by atoms with Crippen LogP contribution in [-0.2, 0) is 4.74 Å². The van der Waals surface area contributed by atoms with Gasteiger partial charge in [0.15, 0.2) is 5.75 Å². The number of carbonyl (C=O) groups is 1. The van der Waals surface area contributed by atoms with Crippen molar-refractivity contribution in [2.45, 2.75) is 20.0 Å². The summed E-state index contributed by atoms with van der Waals surface area (Å²) in [6.07, 6.45) is -0.245. The molecule has 3 aromatic carbocycles. The third kappa shape index (κ3) is 4.96. The van der Waals surface area contributed by atoms with Gasteiger partial charge in [-0.15, -0.1) is 0 Å². The van der Waals surface area contributed by atoms with Crippen molar-refractivity contribution in [3.8, 4) is 11.5 Å². The second kappa shape index (κ2) is 8.67. The zero-order valence-corrected chi connectivity index (χ0v) is 16.4. The van der Waals surface area contributed by atoms with Gasteiger partial charge in [0, 0.05) is 10.7 Å². The minimum Gasteiger partial charge on any atom is -0.459 e. The molecule has 144 valence electrons. The first kappa shape index (κ1) is 19.6. The lowest BCUT2D eigenvalue weighted by atomic mass is 10.1. The SMILES string of the molecule is CC(C)OC(=O)c1cc(N)ccc1Nc1cc(Cl)ccc1Oc1ccccc1. The number of nitrogens with one attached hydrogen (secondary N) is 1. The molecule has 0 heterocycles. The Bertz CT molecular complexity index is 975. The number of benzene rings is 3. The van der Waals surface area contributed by atoms with Crippen molar-refractivity contribution in [3.63, 3.8) is 0 Å². The molecule has 0 saturated heterocycles. The van der Waals surface area contributed by atoms with Crippen molar-refractivity contribution in [3.05, 3.63) is 77.3 Å². The van der Waals surface area contributed by atoms with Gasteiger partial charge in [-0.2, -0.15) is 0 Å². The summed E-state index contributed by atoms with van der Waals surface area (Å²) in [5.41, 5.74) is 7.82. The normalized spacial score (nSPS) is 10.6. The van der Waals surface area contributed by atoms with Crippen LogP contribution in [0.5, 0.6) is 11.5 Å². The maximum absolute atomic E-state index is 12.5. The molecule has 0 radical (unpaired) electrons. The summed E-state index contributed by atoms with van der Waals surface area (Å²) in [6.45, 7) is 3.58. The Kier molecular flexibility index (Phi) is 6.06. The molecule has 5 nitrogen and oxygen atoms in total. The summed E-state index contributed by atoms with van der Waals surface area (Å²) in [5, 5.41) is 3.75. The van der Waals surface area contributed by atoms with E-state index in [0.29, 0.717) is 39.1 Å². The van der Waals surface area contributed by atoms with Crippen molar-refractivity contribution in [1.29, 1.82) is 0 Å².